The normalized spacial score (nSPS) is 12.3. The van der Waals surface area contributed by atoms with Gasteiger partial charge in [-0.3, -0.25) is 4.79 Å². The molecular formula is C19H20O2. The lowest BCUT2D eigenvalue weighted by Gasteiger charge is -2.14. The van der Waals surface area contributed by atoms with Crippen LogP contribution in [0, 0.1) is 13.8 Å². The van der Waals surface area contributed by atoms with E-state index in [0.717, 1.165) is 11.1 Å². The van der Waals surface area contributed by atoms with E-state index in [1.807, 2.05) is 55.5 Å². The predicted octanol–water partition coefficient (Wildman–Crippen LogP) is 4.62. The summed E-state index contributed by atoms with van der Waals surface area (Å²) in [6.07, 6.45) is 3.54. The van der Waals surface area contributed by atoms with Gasteiger partial charge < -0.3 is 4.74 Å². The molecule has 0 N–H and O–H groups in total. The van der Waals surface area contributed by atoms with E-state index >= 15 is 0 Å². The highest BCUT2D eigenvalue weighted by Gasteiger charge is 2.10. The SMILES string of the molecule is CC(=O)O[C@@H](/C=C/c1ccc(C)cc1)c1ccc(C)cc1. The molecule has 1 atom stereocenters. The number of benzene rings is 2. The number of esters is 1. The Morgan fingerprint density at radius 3 is 2.00 bits per heavy atom. The van der Waals surface area contributed by atoms with E-state index in [1.54, 1.807) is 0 Å². The number of aryl methyl sites for hydroxylation is 2. The molecule has 0 saturated carbocycles. The molecule has 0 aromatic heterocycles. The maximum atomic E-state index is 11.3. The van der Waals surface area contributed by atoms with Crippen LogP contribution >= 0.6 is 0 Å². The minimum atomic E-state index is -0.357. The highest BCUT2D eigenvalue weighted by molar-refractivity contribution is 5.67. The largest absolute Gasteiger partial charge is 0.453 e. The lowest BCUT2D eigenvalue weighted by molar-refractivity contribution is -0.144. The molecule has 0 bridgehead atoms. The van der Waals surface area contributed by atoms with Gasteiger partial charge in [0.25, 0.3) is 0 Å². The first-order chi connectivity index (χ1) is 10.0. The molecule has 2 heteroatoms. The third-order valence-corrected chi connectivity index (χ3v) is 3.24. The molecule has 21 heavy (non-hydrogen) atoms. The second-order valence-electron chi connectivity index (χ2n) is 5.21. The van der Waals surface area contributed by atoms with Crippen molar-refractivity contribution in [1.82, 2.24) is 0 Å². The van der Waals surface area contributed by atoms with Crippen molar-refractivity contribution in [3.05, 3.63) is 76.9 Å². The molecule has 0 radical (unpaired) electrons. The van der Waals surface area contributed by atoms with E-state index in [4.69, 9.17) is 4.74 Å². The van der Waals surface area contributed by atoms with Crippen LogP contribution in [-0.4, -0.2) is 5.97 Å². The van der Waals surface area contributed by atoms with Gasteiger partial charge in [-0.05, 0) is 31.1 Å². The van der Waals surface area contributed by atoms with E-state index in [1.165, 1.54) is 18.1 Å². The van der Waals surface area contributed by atoms with Gasteiger partial charge in [0, 0.05) is 6.92 Å². The fourth-order valence-corrected chi connectivity index (χ4v) is 2.03. The van der Waals surface area contributed by atoms with Gasteiger partial charge in [-0.15, -0.1) is 0 Å². The maximum absolute atomic E-state index is 11.3. The number of carbonyl (C=O) groups excluding carboxylic acids is 1. The monoisotopic (exact) mass is 280 g/mol. The summed E-state index contributed by atoms with van der Waals surface area (Å²) in [4.78, 5) is 11.3. The number of hydrogen-bond acceptors (Lipinski definition) is 2. The standard InChI is InChI=1S/C19H20O2/c1-14-4-8-17(9-5-14)10-13-19(21-16(3)20)18-11-6-15(2)7-12-18/h4-13,19H,1-3H3/b13-10+/t19-/m0/s1. The molecule has 0 aliphatic rings. The van der Waals surface area contributed by atoms with Gasteiger partial charge in [0.05, 0.1) is 0 Å². The molecule has 0 saturated heterocycles. The van der Waals surface area contributed by atoms with Gasteiger partial charge in [-0.25, -0.2) is 0 Å². The first-order valence-electron chi connectivity index (χ1n) is 7.03. The average Bonchev–Trinajstić information content (AvgIpc) is 2.46. The summed E-state index contributed by atoms with van der Waals surface area (Å²) in [5.41, 5.74) is 4.47. The number of rotatable bonds is 4. The van der Waals surface area contributed by atoms with Crippen molar-refractivity contribution >= 4 is 12.0 Å². The molecule has 108 valence electrons. The highest BCUT2D eigenvalue weighted by Crippen LogP contribution is 2.21. The fraction of sp³-hybridized carbons (Fsp3) is 0.211. The van der Waals surface area contributed by atoms with Gasteiger partial charge in [0.15, 0.2) is 0 Å². The lowest BCUT2D eigenvalue weighted by atomic mass is 10.1. The van der Waals surface area contributed by atoms with Crippen molar-refractivity contribution in [2.24, 2.45) is 0 Å². The Labute approximate surface area is 126 Å². The van der Waals surface area contributed by atoms with Crippen LogP contribution in [0.1, 0.15) is 35.3 Å². The van der Waals surface area contributed by atoms with Crippen LogP contribution in [0.4, 0.5) is 0 Å². The molecule has 0 spiro atoms. The number of ether oxygens (including phenoxy) is 1. The van der Waals surface area contributed by atoms with Crippen molar-refractivity contribution in [3.8, 4) is 0 Å². The van der Waals surface area contributed by atoms with Crippen LogP contribution in [0.5, 0.6) is 0 Å². The molecular weight excluding hydrogens is 260 g/mol. The van der Waals surface area contributed by atoms with E-state index in [-0.39, 0.29) is 12.1 Å². The van der Waals surface area contributed by atoms with Crippen molar-refractivity contribution < 1.29 is 9.53 Å². The molecule has 0 aliphatic heterocycles. The third kappa shape index (κ3) is 4.60. The zero-order valence-corrected chi connectivity index (χ0v) is 12.7. The minimum absolute atomic E-state index is 0.283. The summed E-state index contributed by atoms with van der Waals surface area (Å²) in [5.74, 6) is -0.283. The molecule has 0 amide bonds. The van der Waals surface area contributed by atoms with Gasteiger partial charge in [0.2, 0.25) is 0 Å². The van der Waals surface area contributed by atoms with E-state index in [9.17, 15) is 4.79 Å². The van der Waals surface area contributed by atoms with Gasteiger partial charge >= 0.3 is 5.97 Å². The number of carbonyl (C=O) groups is 1. The van der Waals surface area contributed by atoms with Gasteiger partial charge in [-0.1, -0.05) is 65.7 Å². The highest BCUT2D eigenvalue weighted by atomic mass is 16.5. The summed E-state index contributed by atoms with van der Waals surface area (Å²) < 4.78 is 5.40. The van der Waals surface area contributed by atoms with Gasteiger partial charge in [0.1, 0.15) is 6.10 Å². The zero-order chi connectivity index (χ0) is 15.2. The number of hydrogen-bond donors (Lipinski definition) is 0. The Balaban J connectivity index is 2.21. The fourth-order valence-electron chi connectivity index (χ4n) is 2.03. The van der Waals surface area contributed by atoms with Crippen LogP contribution in [0.2, 0.25) is 0 Å². The first-order valence-corrected chi connectivity index (χ1v) is 7.03. The van der Waals surface area contributed by atoms with Crippen LogP contribution in [0.25, 0.3) is 6.08 Å². The molecule has 2 aromatic rings. The van der Waals surface area contributed by atoms with Crippen molar-refractivity contribution in [2.45, 2.75) is 26.9 Å². The minimum Gasteiger partial charge on any atom is -0.453 e. The first kappa shape index (κ1) is 15.0. The van der Waals surface area contributed by atoms with Gasteiger partial charge in [-0.2, -0.15) is 0 Å². The van der Waals surface area contributed by atoms with E-state index < -0.39 is 0 Å². The van der Waals surface area contributed by atoms with Crippen LogP contribution < -0.4 is 0 Å². The molecule has 2 rings (SSSR count). The Bertz CT molecular complexity index is 622. The molecule has 0 aliphatic carbocycles. The van der Waals surface area contributed by atoms with Crippen LogP contribution in [-0.2, 0) is 9.53 Å². The topological polar surface area (TPSA) is 26.3 Å². The lowest BCUT2D eigenvalue weighted by Crippen LogP contribution is -2.06. The van der Waals surface area contributed by atoms with Crippen molar-refractivity contribution in [1.29, 1.82) is 0 Å². The summed E-state index contributed by atoms with van der Waals surface area (Å²) in [5, 5.41) is 0. The molecule has 2 aromatic carbocycles. The summed E-state index contributed by atoms with van der Waals surface area (Å²) in [7, 11) is 0. The zero-order valence-electron chi connectivity index (χ0n) is 12.7. The summed E-state index contributed by atoms with van der Waals surface area (Å²) >= 11 is 0. The molecule has 2 nitrogen and oxygen atoms in total. The van der Waals surface area contributed by atoms with Crippen molar-refractivity contribution in [3.63, 3.8) is 0 Å². The predicted molar refractivity (Wildman–Crippen MR) is 85.9 cm³/mol. The Morgan fingerprint density at radius 2 is 1.48 bits per heavy atom. The Hall–Kier alpha value is -2.35. The van der Waals surface area contributed by atoms with Crippen molar-refractivity contribution in [2.75, 3.05) is 0 Å². The average molecular weight is 280 g/mol. The van der Waals surface area contributed by atoms with Crippen LogP contribution in [0.15, 0.2) is 54.6 Å². The second kappa shape index (κ2) is 6.89. The Kier molecular flexibility index (Phi) is 4.94. The summed E-state index contributed by atoms with van der Waals surface area (Å²) in [6.45, 7) is 5.52. The molecule has 0 unspecified atom stereocenters. The molecule has 0 fully saturated rings. The quantitative estimate of drug-likeness (QED) is 0.764. The third-order valence-electron chi connectivity index (χ3n) is 3.24. The Morgan fingerprint density at radius 1 is 0.952 bits per heavy atom. The molecule has 0 heterocycles. The maximum Gasteiger partial charge on any atom is 0.303 e. The second-order valence-corrected chi connectivity index (χ2v) is 5.21. The summed E-state index contributed by atoms with van der Waals surface area (Å²) in [6, 6.07) is 16.2. The smallest absolute Gasteiger partial charge is 0.303 e. The van der Waals surface area contributed by atoms with Crippen LogP contribution in [0.3, 0.4) is 0 Å². The van der Waals surface area contributed by atoms with E-state index in [2.05, 4.69) is 19.1 Å². The van der Waals surface area contributed by atoms with E-state index in [0.29, 0.717) is 0 Å².